The first-order valence-corrected chi connectivity index (χ1v) is 6.51. The second-order valence-electron chi connectivity index (χ2n) is 4.00. The monoisotopic (exact) mass is 299 g/mol. The molecule has 0 saturated heterocycles. The van der Waals surface area contributed by atoms with Gasteiger partial charge in [0.1, 0.15) is 0 Å². The summed E-state index contributed by atoms with van der Waals surface area (Å²) in [6, 6.07) is 6.73. The van der Waals surface area contributed by atoms with Gasteiger partial charge in [-0.3, -0.25) is 9.59 Å². The fourth-order valence-corrected chi connectivity index (χ4v) is 1.48. The molecule has 0 atom stereocenters. The third kappa shape index (κ3) is 7.08. The lowest BCUT2D eigenvalue weighted by molar-refractivity contribution is -0.123. The van der Waals surface area contributed by atoms with Gasteiger partial charge in [0.05, 0.1) is 19.7 Å². The zero-order valence-electron chi connectivity index (χ0n) is 11.2. The lowest BCUT2D eigenvalue weighted by Crippen LogP contribution is -2.39. The van der Waals surface area contributed by atoms with Crippen LogP contribution in [0.15, 0.2) is 24.3 Å². The summed E-state index contributed by atoms with van der Waals surface area (Å²) in [6.45, 7) is 1.19. The van der Waals surface area contributed by atoms with E-state index >= 15 is 0 Å². The van der Waals surface area contributed by atoms with Gasteiger partial charge < -0.3 is 20.7 Å². The zero-order chi connectivity index (χ0) is 14.8. The highest BCUT2D eigenvalue weighted by molar-refractivity contribution is 6.30. The van der Waals surface area contributed by atoms with Crippen molar-refractivity contribution in [3.8, 4) is 0 Å². The number of benzene rings is 1. The van der Waals surface area contributed by atoms with Crippen LogP contribution in [0.2, 0.25) is 5.02 Å². The lowest BCUT2D eigenvalue weighted by atomic mass is 10.3. The molecule has 0 fully saturated rings. The number of carbonyl (C=O) groups excluding carboxylic acids is 2. The fourth-order valence-electron chi connectivity index (χ4n) is 1.36. The van der Waals surface area contributed by atoms with Crippen LogP contribution < -0.4 is 16.0 Å². The summed E-state index contributed by atoms with van der Waals surface area (Å²) in [5.41, 5.74) is 0.631. The molecule has 0 aromatic heterocycles. The highest BCUT2D eigenvalue weighted by Crippen LogP contribution is 2.12. The van der Waals surface area contributed by atoms with Crippen LogP contribution in [0.25, 0.3) is 0 Å². The number of rotatable bonds is 8. The number of anilines is 1. The summed E-state index contributed by atoms with van der Waals surface area (Å²) >= 11 is 5.74. The van der Waals surface area contributed by atoms with Gasteiger partial charge in [0.2, 0.25) is 11.8 Å². The van der Waals surface area contributed by atoms with Gasteiger partial charge in [-0.05, 0) is 24.3 Å². The number of hydrogen-bond donors (Lipinski definition) is 3. The normalized spacial score (nSPS) is 10.1. The first-order valence-electron chi connectivity index (χ1n) is 6.13. The van der Waals surface area contributed by atoms with E-state index in [9.17, 15) is 9.59 Å². The van der Waals surface area contributed by atoms with E-state index in [4.69, 9.17) is 16.3 Å². The molecule has 0 aliphatic rings. The number of hydrogen-bond acceptors (Lipinski definition) is 4. The molecule has 0 radical (unpaired) electrons. The third-order valence-corrected chi connectivity index (χ3v) is 2.59. The van der Waals surface area contributed by atoms with Gasteiger partial charge in [-0.25, -0.2) is 0 Å². The Labute approximate surface area is 122 Å². The van der Waals surface area contributed by atoms with Crippen molar-refractivity contribution in [2.75, 3.05) is 38.7 Å². The van der Waals surface area contributed by atoms with Gasteiger partial charge in [0, 0.05) is 24.4 Å². The van der Waals surface area contributed by atoms with Crippen LogP contribution in [0.4, 0.5) is 5.69 Å². The Kier molecular flexibility index (Phi) is 7.64. The lowest BCUT2D eigenvalue weighted by Gasteiger charge is -2.07. The summed E-state index contributed by atoms with van der Waals surface area (Å²) in [6.07, 6.45) is 0. The summed E-state index contributed by atoms with van der Waals surface area (Å²) in [5, 5.41) is 8.64. The van der Waals surface area contributed by atoms with Crippen LogP contribution in [0.3, 0.4) is 0 Å². The molecule has 0 heterocycles. The number of carbonyl (C=O) groups is 2. The molecule has 3 N–H and O–H groups in total. The molecule has 0 spiro atoms. The highest BCUT2D eigenvalue weighted by Gasteiger charge is 2.05. The largest absolute Gasteiger partial charge is 0.383 e. The molecule has 1 aromatic rings. The molecule has 0 aliphatic carbocycles. The maximum absolute atomic E-state index is 11.6. The molecule has 0 bridgehead atoms. The minimum atomic E-state index is -0.294. The van der Waals surface area contributed by atoms with E-state index in [-0.39, 0.29) is 24.9 Å². The van der Waals surface area contributed by atoms with E-state index in [2.05, 4.69) is 16.0 Å². The summed E-state index contributed by atoms with van der Waals surface area (Å²) in [5.74, 6) is -0.537. The van der Waals surface area contributed by atoms with Crippen molar-refractivity contribution < 1.29 is 14.3 Å². The van der Waals surface area contributed by atoms with Crippen molar-refractivity contribution in [3.63, 3.8) is 0 Å². The second kappa shape index (κ2) is 9.30. The molecule has 110 valence electrons. The molecular weight excluding hydrogens is 282 g/mol. The smallest absolute Gasteiger partial charge is 0.243 e. The van der Waals surface area contributed by atoms with Crippen molar-refractivity contribution in [2.45, 2.75) is 0 Å². The molecule has 1 aromatic carbocycles. The number of halogens is 1. The molecule has 0 saturated carbocycles. The number of amides is 2. The zero-order valence-corrected chi connectivity index (χ0v) is 12.0. The van der Waals surface area contributed by atoms with Crippen molar-refractivity contribution in [1.82, 2.24) is 10.6 Å². The van der Waals surface area contributed by atoms with Crippen molar-refractivity contribution >= 4 is 29.1 Å². The van der Waals surface area contributed by atoms with Crippen LogP contribution in [0, 0.1) is 0 Å². The summed E-state index contributed by atoms with van der Waals surface area (Å²) < 4.78 is 4.83. The van der Waals surface area contributed by atoms with Crippen LogP contribution in [-0.2, 0) is 14.3 Å². The minimum absolute atomic E-state index is 0.0760. The van der Waals surface area contributed by atoms with Crippen molar-refractivity contribution in [2.24, 2.45) is 0 Å². The average molecular weight is 300 g/mol. The standard InChI is InChI=1S/C13H18ClN3O3/c1-20-7-6-15-8-12(18)16-9-13(19)17-11-4-2-10(14)3-5-11/h2-5,15H,6-9H2,1H3,(H,16,18)(H,17,19). The predicted molar refractivity (Wildman–Crippen MR) is 77.8 cm³/mol. The Bertz CT molecular complexity index is 437. The van der Waals surface area contributed by atoms with Gasteiger partial charge in [0.25, 0.3) is 0 Å². The van der Waals surface area contributed by atoms with Gasteiger partial charge in [-0.15, -0.1) is 0 Å². The molecule has 20 heavy (non-hydrogen) atoms. The third-order valence-electron chi connectivity index (χ3n) is 2.34. The summed E-state index contributed by atoms with van der Waals surface area (Å²) in [4.78, 5) is 23.0. The van der Waals surface area contributed by atoms with Crippen LogP contribution in [0.1, 0.15) is 0 Å². The molecular formula is C13H18ClN3O3. The van der Waals surface area contributed by atoms with E-state index in [1.165, 1.54) is 0 Å². The molecule has 1 rings (SSSR count). The fraction of sp³-hybridized carbons (Fsp3) is 0.385. The summed E-state index contributed by atoms with van der Waals surface area (Å²) in [7, 11) is 1.59. The Balaban J connectivity index is 2.19. The van der Waals surface area contributed by atoms with E-state index in [1.807, 2.05) is 0 Å². The maximum atomic E-state index is 11.6. The Morgan fingerprint density at radius 2 is 1.85 bits per heavy atom. The van der Waals surface area contributed by atoms with Crippen LogP contribution in [-0.4, -0.2) is 45.2 Å². The van der Waals surface area contributed by atoms with Gasteiger partial charge >= 0.3 is 0 Å². The number of ether oxygens (including phenoxy) is 1. The Morgan fingerprint density at radius 3 is 2.50 bits per heavy atom. The van der Waals surface area contributed by atoms with Crippen LogP contribution in [0.5, 0.6) is 0 Å². The number of methoxy groups -OCH3 is 1. The average Bonchev–Trinajstić information content (AvgIpc) is 2.44. The van der Waals surface area contributed by atoms with Gasteiger partial charge in [-0.2, -0.15) is 0 Å². The predicted octanol–water partition coefficient (Wildman–Crippen LogP) is 0.631. The highest BCUT2D eigenvalue weighted by atomic mass is 35.5. The number of nitrogens with one attached hydrogen (secondary N) is 3. The van der Waals surface area contributed by atoms with Gasteiger partial charge in [0.15, 0.2) is 0 Å². The molecule has 2 amide bonds. The second-order valence-corrected chi connectivity index (χ2v) is 4.44. The van der Waals surface area contributed by atoms with E-state index < -0.39 is 0 Å². The molecule has 7 heteroatoms. The maximum Gasteiger partial charge on any atom is 0.243 e. The molecule has 0 unspecified atom stereocenters. The topological polar surface area (TPSA) is 79.5 Å². The van der Waals surface area contributed by atoms with Gasteiger partial charge in [-0.1, -0.05) is 11.6 Å². The Hall–Kier alpha value is -1.63. The van der Waals surface area contributed by atoms with E-state index in [0.29, 0.717) is 23.9 Å². The molecule has 0 aliphatic heterocycles. The molecule has 6 nitrogen and oxygen atoms in total. The first kappa shape index (κ1) is 16.4. The van der Waals surface area contributed by atoms with Crippen molar-refractivity contribution in [3.05, 3.63) is 29.3 Å². The quantitative estimate of drug-likeness (QED) is 0.615. The SMILES string of the molecule is COCCNCC(=O)NCC(=O)Nc1ccc(Cl)cc1. The van der Waals surface area contributed by atoms with E-state index in [1.54, 1.807) is 31.4 Å². The van der Waals surface area contributed by atoms with E-state index in [0.717, 1.165) is 0 Å². The first-order chi connectivity index (χ1) is 9.61. The van der Waals surface area contributed by atoms with Crippen molar-refractivity contribution in [1.29, 1.82) is 0 Å². The van der Waals surface area contributed by atoms with Crippen LogP contribution >= 0.6 is 11.6 Å². The Morgan fingerprint density at radius 1 is 1.15 bits per heavy atom. The minimum Gasteiger partial charge on any atom is -0.383 e.